The number of nitrogens with one attached hydrogen (secondary N) is 1. The molecule has 2 aromatic heterocycles. The molecule has 0 fully saturated rings. The lowest BCUT2D eigenvalue weighted by Gasteiger charge is -2.10. The van der Waals surface area contributed by atoms with Crippen LogP contribution in [0.4, 0.5) is 11.4 Å². The van der Waals surface area contributed by atoms with Crippen LogP contribution in [0.3, 0.4) is 0 Å². The van der Waals surface area contributed by atoms with E-state index in [2.05, 4.69) is 63.5 Å². The summed E-state index contributed by atoms with van der Waals surface area (Å²) in [6.45, 7) is 0.735. The van der Waals surface area contributed by atoms with Crippen LogP contribution in [0.5, 0.6) is 0 Å². The van der Waals surface area contributed by atoms with Crippen molar-refractivity contribution in [3.8, 4) is 11.1 Å². The van der Waals surface area contributed by atoms with Crippen molar-refractivity contribution in [3.63, 3.8) is 0 Å². The van der Waals surface area contributed by atoms with E-state index >= 15 is 0 Å². The largest absolute Gasteiger partial charge is 0.397 e. The fraction of sp³-hybridized carbons (Fsp3) is 0.148. The van der Waals surface area contributed by atoms with Gasteiger partial charge in [0.25, 0.3) is 0 Å². The number of amides is 1. The lowest BCUT2D eigenvalue weighted by molar-refractivity contribution is -0.116. The third-order valence-electron chi connectivity index (χ3n) is 5.87. The zero-order valence-electron chi connectivity index (χ0n) is 18.6. The standard InChI is InChI=1S/C27H25N5OS/c28-25-10-8-21(22-13-15-34-18-22)16-26(25)29-27(33)11-9-23-17-32(31-30-23)14-12-20-6-3-5-19-4-1-2-7-24(19)20/h1-8,10,13,15-18H,9,11-12,14,28H2,(H,29,33). The van der Waals surface area contributed by atoms with E-state index in [1.54, 1.807) is 11.3 Å². The molecule has 0 unspecified atom stereocenters. The van der Waals surface area contributed by atoms with Gasteiger partial charge in [0.05, 0.1) is 17.1 Å². The summed E-state index contributed by atoms with van der Waals surface area (Å²) in [5.41, 5.74) is 11.5. The predicted octanol–water partition coefficient (Wildman–Crippen LogP) is 5.56. The van der Waals surface area contributed by atoms with Gasteiger partial charge in [-0.05, 0) is 62.8 Å². The molecule has 0 aliphatic carbocycles. The third-order valence-corrected chi connectivity index (χ3v) is 6.55. The molecule has 0 bridgehead atoms. The van der Waals surface area contributed by atoms with Crippen molar-refractivity contribution in [2.24, 2.45) is 0 Å². The Kier molecular flexibility index (Phi) is 6.35. The fourth-order valence-corrected chi connectivity index (χ4v) is 4.70. The summed E-state index contributed by atoms with van der Waals surface area (Å²) in [7, 11) is 0. The van der Waals surface area contributed by atoms with Crippen LogP contribution in [0.15, 0.2) is 83.7 Å². The van der Waals surface area contributed by atoms with Gasteiger partial charge in [-0.3, -0.25) is 9.48 Å². The Labute approximate surface area is 202 Å². The summed E-state index contributed by atoms with van der Waals surface area (Å²) in [6.07, 6.45) is 3.61. The van der Waals surface area contributed by atoms with Crippen LogP contribution in [0.25, 0.3) is 21.9 Å². The summed E-state index contributed by atoms with van der Waals surface area (Å²) < 4.78 is 1.84. The van der Waals surface area contributed by atoms with Crippen molar-refractivity contribution in [2.75, 3.05) is 11.1 Å². The number of anilines is 2. The summed E-state index contributed by atoms with van der Waals surface area (Å²) in [4.78, 5) is 12.6. The highest BCUT2D eigenvalue weighted by molar-refractivity contribution is 7.08. The molecular weight excluding hydrogens is 442 g/mol. The van der Waals surface area contributed by atoms with Crippen molar-refractivity contribution < 1.29 is 4.79 Å². The number of carbonyl (C=O) groups is 1. The molecule has 7 heteroatoms. The molecule has 1 amide bonds. The molecule has 5 rings (SSSR count). The highest BCUT2D eigenvalue weighted by Gasteiger charge is 2.10. The Balaban J connectivity index is 1.16. The number of nitrogen functional groups attached to an aromatic ring is 1. The zero-order chi connectivity index (χ0) is 23.3. The Morgan fingerprint density at radius 2 is 1.88 bits per heavy atom. The second-order valence-electron chi connectivity index (χ2n) is 8.22. The van der Waals surface area contributed by atoms with Gasteiger partial charge in [-0.2, -0.15) is 11.3 Å². The van der Waals surface area contributed by atoms with E-state index in [0.29, 0.717) is 24.2 Å². The van der Waals surface area contributed by atoms with Gasteiger partial charge in [-0.25, -0.2) is 0 Å². The van der Waals surface area contributed by atoms with Gasteiger partial charge in [0.15, 0.2) is 0 Å². The summed E-state index contributed by atoms with van der Waals surface area (Å²) >= 11 is 1.64. The maximum absolute atomic E-state index is 12.6. The quantitative estimate of drug-likeness (QED) is 0.293. The molecule has 0 saturated carbocycles. The van der Waals surface area contributed by atoms with E-state index in [1.165, 1.54) is 16.3 Å². The number of carbonyl (C=O) groups excluding carboxylic acids is 1. The van der Waals surface area contributed by atoms with Crippen molar-refractivity contribution >= 4 is 39.4 Å². The van der Waals surface area contributed by atoms with Gasteiger partial charge < -0.3 is 11.1 Å². The van der Waals surface area contributed by atoms with E-state index in [-0.39, 0.29) is 5.91 Å². The molecule has 0 aliphatic heterocycles. The van der Waals surface area contributed by atoms with E-state index in [1.807, 2.05) is 40.5 Å². The molecule has 3 N–H and O–H groups in total. The molecule has 0 atom stereocenters. The minimum atomic E-state index is -0.0977. The smallest absolute Gasteiger partial charge is 0.224 e. The molecule has 3 aromatic carbocycles. The highest BCUT2D eigenvalue weighted by atomic mass is 32.1. The number of aryl methyl sites for hydroxylation is 3. The highest BCUT2D eigenvalue weighted by Crippen LogP contribution is 2.28. The van der Waals surface area contributed by atoms with Crippen LogP contribution in [0, 0.1) is 0 Å². The van der Waals surface area contributed by atoms with Gasteiger partial charge >= 0.3 is 0 Å². The monoisotopic (exact) mass is 467 g/mol. The number of thiophene rings is 1. The molecule has 6 nitrogen and oxygen atoms in total. The maximum atomic E-state index is 12.6. The van der Waals surface area contributed by atoms with Crippen LogP contribution in [-0.4, -0.2) is 20.9 Å². The topological polar surface area (TPSA) is 85.8 Å². The Morgan fingerprint density at radius 3 is 2.76 bits per heavy atom. The first kappa shape index (κ1) is 21.9. The minimum absolute atomic E-state index is 0.0977. The Morgan fingerprint density at radius 1 is 1.00 bits per heavy atom. The number of rotatable bonds is 8. The second-order valence-corrected chi connectivity index (χ2v) is 9.00. The van der Waals surface area contributed by atoms with Crippen molar-refractivity contribution in [2.45, 2.75) is 25.8 Å². The van der Waals surface area contributed by atoms with E-state index in [0.717, 1.165) is 29.8 Å². The first-order valence-electron chi connectivity index (χ1n) is 11.2. The van der Waals surface area contributed by atoms with Crippen LogP contribution in [0.2, 0.25) is 0 Å². The van der Waals surface area contributed by atoms with Crippen molar-refractivity contribution in [1.29, 1.82) is 0 Å². The average molecular weight is 468 g/mol. The van der Waals surface area contributed by atoms with Crippen LogP contribution in [0.1, 0.15) is 17.7 Å². The Bertz CT molecular complexity index is 1420. The molecule has 34 heavy (non-hydrogen) atoms. The lowest BCUT2D eigenvalue weighted by Crippen LogP contribution is -2.13. The molecular formula is C27H25N5OS. The van der Waals surface area contributed by atoms with E-state index in [4.69, 9.17) is 5.73 Å². The Hall–Kier alpha value is -3.97. The number of hydrogen-bond donors (Lipinski definition) is 2. The lowest BCUT2D eigenvalue weighted by atomic mass is 10.0. The van der Waals surface area contributed by atoms with Gasteiger partial charge in [0, 0.05) is 25.6 Å². The van der Waals surface area contributed by atoms with Crippen LogP contribution >= 0.6 is 11.3 Å². The number of fused-ring (bicyclic) bond motifs is 1. The summed E-state index contributed by atoms with van der Waals surface area (Å²) in [6, 6.07) is 22.5. The molecule has 5 aromatic rings. The second kappa shape index (κ2) is 9.89. The number of nitrogens with two attached hydrogens (primary N) is 1. The van der Waals surface area contributed by atoms with Gasteiger partial charge in [-0.15, -0.1) is 5.10 Å². The molecule has 0 aliphatic rings. The maximum Gasteiger partial charge on any atom is 0.224 e. The molecule has 0 saturated heterocycles. The van der Waals surface area contributed by atoms with E-state index in [9.17, 15) is 4.79 Å². The third kappa shape index (κ3) is 5.00. The fourth-order valence-electron chi connectivity index (χ4n) is 4.03. The van der Waals surface area contributed by atoms with Gasteiger partial charge in [-0.1, -0.05) is 53.7 Å². The first-order chi connectivity index (χ1) is 16.7. The first-order valence-corrected chi connectivity index (χ1v) is 12.2. The van der Waals surface area contributed by atoms with Crippen molar-refractivity contribution in [1.82, 2.24) is 15.0 Å². The molecule has 2 heterocycles. The molecule has 170 valence electrons. The van der Waals surface area contributed by atoms with Gasteiger partial charge in [0.2, 0.25) is 5.91 Å². The number of aromatic nitrogens is 3. The predicted molar refractivity (Wildman–Crippen MR) is 139 cm³/mol. The van der Waals surface area contributed by atoms with E-state index < -0.39 is 0 Å². The minimum Gasteiger partial charge on any atom is -0.397 e. The SMILES string of the molecule is Nc1ccc(-c2ccsc2)cc1NC(=O)CCc1cn(CCc2cccc3ccccc23)nn1. The number of hydrogen-bond acceptors (Lipinski definition) is 5. The number of benzene rings is 3. The normalized spacial score (nSPS) is 11.1. The van der Waals surface area contributed by atoms with Gasteiger partial charge in [0.1, 0.15) is 0 Å². The average Bonchev–Trinajstić information content (AvgIpc) is 3.55. The van der Waals surface area contributed by atoms with Crippen LogP contribution in [-0.2, 0) is 24.2 Å². The molecule has 0 spiro atoms. The summed E-state index contributed by atoms with van der Waals surface area (Å²) in [5.74, 6) is -0.0977. The van der Waals surface area contributed by atoms with Crippen LogP contribution < -0.4 is 11.1 Å². The molecule has 0 radical (unpaired) electrons. The summed E-state index contributed by atoms with van der Waals surface area (Å²) in [5, 5.41) is 18.0. The zero-order valence-corrected chi connectivity index (χ0v) is 19.5. The number of nitrogens with zero attached hydrogens (tertiary/aromatic N) is 3. The van der Waals surface area contributed by atoms with Crippen molar-refractivity contribution in [3.05, 3.63) is 94.9 Å².